The van der Waals surface area contributed by atoms with E-state index in [1.54, 1.807) is 25.9 Å². The molecule has 8 nitrogen and oxygen atoms in total. The first-order chi connectivity index (χ1) is 10.5. The summed E-state index contributed by atoms with van der Waals surface area (Å²) < 4.78 is 11.4. The van der Waals surface area contributed by atoms with Gasteiger partial charge < -0.3 is 14.4 Å². The van der Waals surface area contributed by atoms with Crippen LogP contribution < -0.4 is 10.3 Å². The second-order valence-electron chi connectivity index (χ2n) is 4.39. The van der Waals surface area contributed by atoms with Crippen LogP contribution in [0.1, 0.15) is 17.3 Å². The van der Waals surface area contributed by atoms with Gasteiger partial charge in [-0.15, -0.1) is 0 Å². The summed E-state index contributed by atoms with van der Waals surface area (Å²) in [7, 11) is 3.43. The molecule has 0 N–H and O–H groups in total. The lowest BCUT2D eigenvalue weighted by molar-refractivity contribution is 0.0523. The summed E-state index contributed by atoms with van der Waals surface area (Å²) in [4.78, 5) is 33.7. The molecule has 0 aliphatic rings. The Morgan fingerprint density at radius 2 is 2.14 bits per heavy atom. The highest BCUT2D eigenvalue weighted by molar-refractivity contribution is 7.80. The second-order valence-corrected chi connectivity index (χ2v) is 4.74. The Kier molecular flexibility index (Phi) is 4.66. The molecule has 0 amide bonds. The highest BCUT2D eigenvalue weighted by Crippen LogP contribution is 2.13. The summed E-state index contributed by atoms with van der Waals surface area (Å²) in [6.07, 6.45) is 3.89. The molecule has 2 aromatic heterocycles. The van der Waals surface area contributed by atoms with Crippen molar-refractivity contribution in [3.63, 3.8) is 0 Å². The normalized spacial score (nSPS) is 10.3. The lowest BCUT2D eigenvalue weighted by Gasteiger charge is -2.14. The van der Waals surface area contributed by atoms with Gasteiger partial charge in [-0.1, -0.05) is 0 Å². The zero-order valence-corrected chi connectivity index (χ0v) is 13.1. The molecule has 2 heterocycles. The zero-order valence-electron chi connectivity index (χ0n) is 12.3. The number of nitrogens with zero attached hydrogens (tertiary/aromatic N) is 4. The second kappa shape index (κ2) is 6.48. The number of hydrogen-bond acceptors (Lipinski definition) is 7. The van der Waals surface area contributed by atoms with Gasteiger partial charge in [0.25, 0.3) is 16.6 Å². The SMILES string of the molecule is CCOC(=O)c1cnc2c(OC(=S)N(C)C)nccn2c1=O. The number of hydrogen-bond donors (Lipinski definition) is 0. The summed E-state index contributed by atoms with van der Waals surface area (Å²) in [5.74, 6) is -0.647. The highest BCUT2D eigenvalue weighted by atomic mass is 32.1. The maximum Gasteiger partial charge on any atom is 0.345 e. The van der Waals surface area contributed by atoms with Crippen LogP contribution in [0.3, 0.4) is 0 Å². The molecular weight excluding hydrogens is 308 g/mol. The Bertz CT molecular complexity index is 787. The van der Waals surface area contributed by atoms with Crippen LogP contribution in [0.2, 0.25) is 0 Å². The topological polar surface area (TPSA) is 86.0 Å². The molecule has 0 bridgehead atoms. The monoisotopic (exact) mass is 322 g/mol. The molecule has 0 atom stereocenters. The Hall–Kier alpha value is -2.55. The third-order valence-electron chi connectivity index (χ3n) is 2.64. The molecule has 0 fully saturated rings. The number of rotatable bonds is 3. The fraction of sp³-hybridized carbons (Fsp3) is 0.308. The summed E-state index contributed by atoms with van der Waals surface area (Å²) in [5.41, 5.74) is -0.567. The van der Waals surface area contributed by atoms with Crippen LogP contribution in [-0.2, 0) is 4.74 Å². The van der Waals surface area contributed by atoms with E-state index in [-0.39, 0.29) is 28.9 Å². The van der Waals surface area contributed by atoms with Crippen LogP contribution in [0.15, 0.2) is 23.4 Å². The van der Waals surface area contributed by atoms with Gasteiger partial charge in [-0.3, -0.25) is 9.20 Å². The van der Waals surface area contributed by atoms with Gasteiger partial charge in [0.15, 0.2) is 0 Å². The van der Waals surface area contributed by atoms with Crippen molar-refractivity contribution >= 4 is 29.0 Å². The fourth-order valence-corrected chi connectivity index (χ4v) is 1.66. The lowest BCUT2D eigenvalue weighted by Crippen LogP contribution is -2.27. The molecule has 0 unspecified atom stereocenters. The number of ether oxygens (including phenoxy) is 2. The first-order valence-electron chi connectivity index (χ1n) is 6.38. The number of carbonyl (C=O) groups is 1. The molecule has 2 aromatic rings. The van der Waals surface area contributed by atoms with E-state index < -0.39 is 11.5 Å². The Morgan fingerprint density at radius 1 is 1.41 bits per heavy atom. The molecule has 0 saturated carbocycles. The average molecular weight is 322 g/mol. The van der Waals surface area contributed by atoms with Crippen molar-refractivity contribution in [3.05, 3.63) is 34.5 Å². The van der Waals surface area contributed by atoms with E-state index in [9.17, 15) is 9.59 Å². The smallest absolute Gasteiger partial charge is 0.345 e. The molecule has 0 spiro atoms. The molecule has 2 rings (SSSR count). The summed E-state index contributed by atoms with van der Waals surface area (Å²) in [6.45, 7) is 1.82. The molecule has 0 aliphatic carbocycles. The van der Waals surface area contributed by atoms with Gasteiger partial charge in [0, 0.05) is 32.7 Å². The van der Waals surface area contributed by atoms with Crippen molar-refractivity contribution in [1.82, 2.24) is 19.3 Å². The van der Waals surface area contributed by atoms with Crippen LogP contribution in [0.5, 0.6) is 5.88 Å². The molecule has 116 valence electrons. The number of carbonyl (C=O) groups excluding carboxylic acids is 1. The van der Waals surface area contributed by atoms with Crippen molar-refractivity contribution < 1.29 is 14.3 Å². The largest absolute Gasteiger partial charge is 0.462 e. The molecule has 0 aromatic carbocycles. The Balaban J connectivity index is 2.52. The van der Waals surface area contributed by atoms with Crippen molar-refractivity contribution in [2.45, 2.75) is 6.92 Å². The van der Waals surface area contributed by atoms with Crippen molar-refractivity contribution in [2.24, 2.45) is 0 Å². The van der Waals surface area contributed by atoms with Crippen LogP contribution in [0.25, 0.3) is 5.65 Å². The average Bonchev–Trinajstić information content (AvgIpc) is 2.48. The first-order valence-corrected chi connectivity index (χ1v) is 6.79. The maximum atomic E-state index is 12.3. The van der Waals surface area contributed by atoms with Crippen LogP contribution in [0.4, 0.5) is 0 Å². The predicted molar refractivity (Wildman–Crippen MR) is 82.1 cm³/mol. The standard InChI is InChI=1S/C13H14N4O4S/c1-4-20-12(19)8-7-15-9-10(21-13(22)16(2)3)14-5-6-17(9)11(8)18/h5-7H,4H2,1-3H3. The maximum absolute atomic E-state index is 12.3. The first kappa shape index (κ1) is 15.8. The Morgan fingerprint density at radius 3 is 2.77 bits per heavy atom. The van der Waals surface area contributed by atoms with Gasteiger partial charge in [-0.25, -0.2) is 14.8 Å². The van der Waals surface area contributed by atoms with E-state index in [0.29, 0.717) is 0 Å². The van der Waals surface area contributed by atoms with E-state index in [1.807, 2.05) is 0 Å². The molecule has 9 heteroatoms. The van der Waals surface area contributed by atoms with E-state index in [0.717, 1.165) is 10.6 Å². The third-order valence-corrected chi connectivity index (χ3v) is 3.09. The number of fused-ring (bicyclic) bond motifs is 1. The summed E-state index contributed by atoms with van der Waals surface area (Å²) >= 11 is 5.03. The molecule has 22 heavy (non-hydrogen) atoms. The third kappa shape index (κ3) is 3.03. The quantitative estimate of drug-likeness (QED) is 0.596. The predicted octanol–water partition coefficient (Wildman–Crippen LogP) is 0.492. The zero-order chi connectivity index (χ0) is 16.3. The minimum absolute atomic E-state index is 0.0775. The van der Waals surface area contributed by atoms with Crippen LogP contribution >= 0.6 is 12.2 Å². The van der Waals surface area contributed by atoms with Gasteiger partial charge in [0.05, 0.1) is 6.61 Å². The summed E-state index contributed by atoms with van der Waals surface area (Å²) in [5, 5.41) is 0.171. The number of thiocarbonyl (C=S) groups is 1. The number of aromatic nitrogens is 3. The molecule has 0 saturated heterocycles. The van der Waals surface area contributed by atoms with E-state index in [4.69, 9.17) is 21.7 Å². The van der Waals surface area contributed by atoms with Crippen LogP contribution in [0, 0.1) is 0 Å². The molecule has 0 aliphatic heterocycles. The fourth-order valence-electron chi connectivity index (χ4n) is 1.59. The summed E-state index contributed by atoms with van der Waals surface area (Å²) in [6, 6.07) is 0. The molecular formula is C13H14N4O4S. The van der Waals surface area contributed by atoms with E-state index in [2.05, 4.69) is 9.97 Å². The van der Waals surface area contributed by atoms with Crippen molar-refractivity contribution in [1.29, 1.82) is 0 Å². The highest BCUT2D eigenvalue weighted by Gasteiger charge is 2.17. The van der Waals surface area contributed by atoms with Crippen molar-refractivity contribution in [3.8, 4) is 5.88 Å². The van der Waals surface area contributed by atoms with Gasteiger partial charge in [-0.2, -0.15) is 0 Å². The minimum Gasteiger partial charge on any atom is -0.462 e. The minimum atomic E-state index is -0.725. The van der Waals surface area contributed by atoms with Gasteiger partial charge >= 0.3 is 5.97 Å². The van der Waals surface area contributed by atoms with Gasteiger partial charge in [0.2, 0.25) is 5.65 Å². The van der Waals surface area contributed by atoms with Crippen molar-refractivity contribution in [2.75, 3.05) is 20.7 Å². The Labute approximate surface area is 131 Å². The van der Waals surface area contributed by atoms with Crippen LogP contribution in [-0.4, -0.2) is 51.1 Å². The molecule has 0 radical (unpaired) electrons. The van der Waals surface area contributed by atoms with E-state index in [1.165, 1.54) is 12.4 Å². The lowest BCUT2D eigenvalue weighted by atomic mass is 10.3. The van der Waals surface area contributed by atoms with Gasteiger partial charge in [-0.05, 0) is 19.1 Å². The van der Waals surface area contributed by atoms with E-state index >= 15 is 0 Å². The number of esters is 1. The van der Waals surface area contributed by atoms with Gasteiger partial charge in [0.1, 0.15) is 5.56 Å².